The van der Waals surface area contributed by atoms with Gasteiger partial charge in [-0.25, -0.2) is 9.97 Å². The van der Waals surface area contributed by atoms with Crippen molar-refractivity contribution in [1.82, 2.24) is 19.9 Å². The third kappa shape index (κ3) is 2.63. The van der Waals surface area contributed by atoms with Gasteiger partial charge in [0.05, 0.1) is 5.39 Å². The van der Waals surface area contributed by atoms with E-state index in [0.717, 1.165) is 35.1 Å². The van der Waals surface area contributed by atoms with Crippen molar-refractivity contribution in [2.75, 3.05) is 38.6 Å². The van der Waals surface area contributed by atoms with Crippen LogP contribution in [0, 0.1) is 12.8 Å². The molecular formula is C15H23N5. The number of fused-ring (bicyclic) bond motifs is 1. The zero-order valence-corrected chi connectivity index (χ0v) is 12.6. The first-order chi connectivity index (χ1) is 9.63. The average Bonchev–Trinajstić information content (AvgIpc) is 2.85. The van der Waals surface area contributed by atoms with E-state index in [1.54, 1.807) is 0 Å². The molecule has 0 bridgehead atoms. The monoisotopic (exact) mass is 273 g/mol. The SMILES string of the molecule is Cc1nc(N(C)CC2CCCN(C)C2)c2cc[nH]c2n1. The van der Waals surface area contributed by atoms with E-state index in [2.05, 4.69) is 44.9 Å². The zero-order chi connectivity index (χ0) is 14.1. The number of nitrogens with one attached hydrogen (secondary N) is 1. The number of hydrogen-bond donors (Lipinski definition) is 1. The highest BCUT2D eigenvalue weighted by molar-refractivity contribution is 5.87. The summed E-state index contributed by atoms with van der Waals surface area (Å²) in [5.41, 5.74) is 0.931. The number of rotatable bonds is 3. The van der Waals surface area contributed by atoms with Gasteiger partial charge in [0.2, 0.25) is 0 Å². The third-order valence-corrected chi connectivity index (χ3v) is 4.12. The van der Waals surface area contributed by atoms with Gasteiger partial charge in [0.1, 0.15) is 17.3 Å². The molecule has 5 nitrogen and oxygen atoms in total. The second-order valence-corrected chi connectivity index (χ2v) is 5.99. The van der Waals surface area contributed by atoms with Crippen LogP contribution in [0.4, 0.5) is 5.82 Å². The lowest BCUT2D eigenvalue weighted by Crippen LogP contribution is -2.38. The van der Waals surface area contributed by atoms with Gasteiger partial charge in [0.15, 0.2) is 0 Å². The molecule has 1 saturated heterocycles. The molecule has 2 aromatic heterocycles. The average molecular weight is 273 g/mol. The Morgan fingerprint density at radius 3 is 3.10 bits per heavy atom. The maximum absolute atomic E-state index is 4.64. The number of aromatic nitrogens is 3. The van der Waals surface area contributed by atoms with E-state index in [9.17, 15) is 0 Å². The second kappa shape index (κ2) is 5.40. The fourth-order valence-electron chi connectivity index (χ4n) is 3.22. The van der Waals surface area contributed by atoms with Crippen molar-refractivity contribution in [3.8, 4) is 0 Å². The summed E-state index contributed by atoms with van der Waals surface area (Å²) in [6.45, 7) is 5.42. The molecule has 1 atom stereocenters. The number of aromatic amines is 1. The van der Waals surface area contributed by atoms with Crippen LogP contribution in [0.2, 0.25) is 0 Å². The molecule has 2 aromatic rings. The van der Waals surface area contributed by atoms with E-state index in [-0.39, 0.29) is 0 Å². The number of hydrogen-bond acceptors (Lipinski definition) is 4. The molecule has 1 unspecified atom stereocenters. The lowest BCUT2D eigenvalue weighted by atomic mass is 9.98. The summed E-state index contributed by atoms with van der Waals surface area (Å²) < 4.78 is 0. The van der Waals surface area contributed by atoms with Gasteiger partial charge in [-0.2, -0.15) is 0 Å². The Labute approximate surface area is 120 Å². The van der Waals surface area contributed by atoms with Gasteiger partial charge in [-0.1, -0.05) is 0 Å². The number of likely N-dealkylation sites (tertiary alicyclic amines) is 1. The molecule has 1 aliphatic rings. The lowest BCUT2D eigenvalue weighted by Gasteiger charge is -2.32. The molecule has 3 heterocycles. The van der Waals surface area contributed by atoms with Crippen LogP contribution in [-0.2, 0) is 0 Å². The van der Waals surface area contributed by atoms with Crippen LogP contribution in [0.3, 0.4) is 0 Å². The minimum absolute atomic E-state index is 0.725. The molecule has 1 N–H and O–H groups in total. The summed E-state index contributed by atoms with van der Waals surface area (Å²) >= 11 is 0. The van der Waals surface area contributed by atoms with Crippen LogP contribution in [-0.4, -0.2) is 53.6 Å². The largest absolute Gasteiger partial charge is 0.359 e. The molecule has 0 aliphatic carbocycles. The number of H-pyrrole nitrogens is 1. The molecule has 0 spiro atoms. The Morgan fingerprint density at radius 1 is 1.45 bits per heavy atom. The molecule has 0 aromatic carbocycles. The summed E-state index contributed by atoms with van der Waals surface area (Å²) in [5.74, 6) is 2.59. The molecule has 0 amide bonds. The lowest BCUT2D eigenvalue weighted by molar-refractivity contribution is 0.213. The fraction of sp³-hybridized carbons (Fsp3) is 0.600. The number of anilines is 1. The van der Waals surface area contributed by atoms with E-state index in [1.807, 2.05) is 13.1 Å². The summed E-state index contributed by atoms with van der Waals surface area (Å²) in [6, 6.07) is 2.06. The van der Waals surface area contributed by atoms with Crippen molar-refractivity contribution in [3.63, 3.8) is 0 Å². The van der Waals surface area contributed by atoms with Gasteiger partial charge in [0.25, 0.3) is 0 Å². The summed E-state index contributed by atoms with van der Waals surface area (Å²) in [7, 11) is 4.36. The maximum atomic E-state index is 4.64. The van der Waals surface area contributed by atoms with Crippen molar-refractivity contribution in [2.24, 2.45) is 5.92 Å². The summed E-state index contributed by atoms with van der Waals surface area (Å²) in [5, 5.41) is 1.11. The number of nitrogens with zero attached hydrogens (tertiary/aromatic N) is 4. The van der Waals surface area contributed by atoms with Crippen LogP contribution in [0.25, 0.3) is 11.0 Å². The quantitative estimate of drug-likeness (QED) is 0.930. The van der Waals surface area contributed by atoms with E-state index in [0.29, 0.717) is 0 Å². The highest BCUT2D eigenvalue weighted by Gasteiger charge is 2.20. The molecule has 5 heteroatoms. The Morgan fingerprint density at radius 2 is 2.30 bits per heavy atom. The normalized spacial score (nSPS) is 20.4. The molecule has 108 valence electrons. The first-order valence-electron chi connectivity index (χ1n) is 7.35. The topological polar surface area (TPSA) is 48.1 Å². The number of piperidine rings is 1. The Balaban J connectivity index is 1.81. The van der Waals surface area contributed by atoms with E-state index < -0.39 is 0 Å². The van der Waals surface area contributed by atoms with Crippen LogP contribution in [0.5, 0.6) is 0 Å². The molecule has 20 heavy (non-hydrogen) atoms. The van der Waals surface area contributed by atoms with E-state index >= 15 is 0 Å². The van der Waals surface area contributed by atoms with Crippen molar-refractivity contribution in [3.05, 3.63) is 18.1 Å². The highest BCUT2D eigenvalue weighted by Crippen LogP contribution is 2.24. The smallest absolute Gasteiger partial charge is 0.143 e. The van der Waals surface area contributed by atoms with E-state index in [4.69, 9.17) is 0 Å². The van der Waals surface area contributed by atoms with Crippen molar-refractivity contribution >= 4 is 16.9 Å². The van der Waals surface area contributed by atoms with Crippen LogP contribution in [0.1, 0.15) is 18.7 Å². The standard InChI is InChI=1S/C15H23N5/c1-11-17-14-13(6-7-16-14)15(18-11)20(3)10-12-5-4-8-19(2)9-12/h6-7,12H,4-5,8-10H2,1-3H3,(H,16,17,18). The predicted molar refractivity (Wildman–Crippen MR) is 82.1 cm³/mol. The van der Waals surface area contributed by atoms with Gasteiger partial charge < -0.3 is 14.8 Å². The predicted octanol–water partition coefficient (Wildman–Crippen LogP) is 2.04. The molecule has 1 aliphatic heterocycles. The maximum Gasteiger partial charge on any atom is 0.143 e. The zero-order valence-electron chi connectivity index (χ0n) is 12.6. The van der Waals surface area contributed by atoms with Crippen molar-refractivity contribution < 1.29 is 0 Å². The van der Waals surface area contributed by atoms with Crippen molar-refractivity contribution in [1.29, 1.82) is 0 Å². The van der Waals surface area contributed by atoms with E-state index in [1.165, 1.54) is 25.9 Å². The minimum atomic E-state index is 0.725. The van der Waals surface area contributed by atoms with Gasteiger partial charge in [-0.15, -0.1) is 0 Å². The first-order valence-corrected chi connectivity index (χ1v) is 7.35. The van der Waals surface area contributed by atoms with Gasteiger partial charge in [0, 0.05) is 26.3 Å². The van der Waals surface area contributed by atoms with Crippen molar-refractivity contribution in [2.45, 2.75) is 19.8 Å². The second-order valence-electron chi connectivity index (χ2n) is 5.99. The third-order valence-electron chi connectivity index (χ3n) is 4.12. The van der Waals surface area contributed by atoms with Crippen LogP contribution >= 0.6 is 0 Å². The van der Waals surface area contributed by atoms with Crippen LogP contribution in [0.15, 0.2) is 12.3 Å². The molecular weight excluding hydrogens is 250 g/mol. The van der Waals surface area contributed by atoms with Gasteiger partial charge in [-0.3, -0.25) is 0 Å². The summed E-state index contributed by atoms with van der Waals surface area (Å²) in [6.07, 6.45) is 4.55. The van der Waals surface area contributed by atoms with Gasteiger partial charge in [-0.05, 0) is 45.3 Å². The molecule has 1 fully saturated rings. The Hall–Kier alpha value is -1.62. The first kappa shape index (κ1) is 13.4. The Kier molecular flexibility index (Phi) is 3.61. The minimum Gasteiger partial charge on any atom is -0.359 e. The molecule has 3 rings (SSSR count). The highest BCUT2D eigenvalue weighted by atomic mass is 15.2. The van der Waals surface area contributed by atoms with Gasteiger partial charge >= 0.3 is 0 Å². The Bertz CT molecular complexity index is 591. The van der Waals surface area contributed by atoms with Crippen LogP contribution < -0.4 is 4.90 Å². The summed E-state index contributed by atoms with van der Waals surface area (Å²) in [4.78, 5) is 17.0. The number of aryl methyl sites for hydroxylation is 1. The molecule has 0 radical (unpaired) electrons. The fourth-order valence-corrected chi connectivity index (χ4v) is 3.22. The molecule has 0 saturated carbocycles.